The summed E-state index contributed by atoms with van der Waals surface area (Å²) in [7, 11) is 0. The first-order valence-electron chi connectivity index (χ1n) is 12.1. The molecule has 1 saturated heterocycles. The van der Waals surface area contributed by atoms with E-state index in [4.69, 9.17) is 28.6 Å². The van der Waals surface area contributed by atoms with E-state index in [1.165, 1.54) is 18.3 Å². The number of nitrogens with one attached hydrogen (secondary N) is 4. The van der Waals surface area contributed by atoms with Gasteiger partial charge >= 0.3 is 0 Å². The van der Waals surface area contributed by atoms with Crippen LogP contribution in [0.15, 0.2) is 48.9 Å². The van der Waals surface area contributed by atoms with Crippen molar-refractivity contribution in [3.05, 3.63) is 87.6 Å². The monoisotopic (exact) mass is 540 g/mol. The Bertz CT molecular complexity index is 1320. The van der Waals surface area contributed by atoms with Gasteiger partial charge in [-0.25, -0.2) is 9.37 Å². The molecule has 1 fully saturated rings. The van der Waals surface area contributed by atoms with Gasteiger partial charge < -0.3 is 15.4 Å². The standard InChI is InChI=1S/C26H26ClFN6O2S/c27-21-11-16(25(35)31-13-17-3-2-10-36-17)12-30-24(21)33-34-26(37)32-23-19-4-1-5-22(28)18(19)7-6-15-8-9-29-14-20(15)23/h1,4-5,8-9,11-12,14,17,23H,2-3,6-7,10,13H2,(H,30,33)(H,31,35)(H2,32,34,37)/t17-,23?/m0/s1. The molecule has 37 heavy (non-hydrogen) atoms. The van der Waals surface area contributed by atoms with Gasteiger partial charge in [0.15, 0.2) is 10.9 Å². The Hall–Kier alpha value is -3.34. The largest absolute Gasteiger partial charge is 0.376 e. The molecule has 0 radical (unpaired) electrons. The molecule has 3 heterocycles. The highest BCUT2D eigenvalue weighted by Gasteiger charge is 2.26. The van der Waals surface area contributed by atoms with Crippen LogP contribution >= 0.6 is 23.8 Å². The lowest BCUT2D eigenvalue weighted by molar-refractivity contribution is 0.0857. The first-order valence-corrected chi connectivity index (χ1v) is 12.9. The third-order valence-corrected chi connectivity index (χ3v) is 7.06. The molecular formula is C26H26ClFN6O2S. The van der Waals surface area contributed by atoms with E-state index in [1.54, 1.807) is 18.5 Å². The highest BCUT2D eigenvalue weighted by Crippen LogP contribution is 2.33. The molecule has 11 heteroatoms. The molecule has 1 unspecified atom stereocenters. The van der Waals surface area contributed by atoms with E-state index in [0.29, 0.717) is 36.3 Å². The Morgan fingerprint density at radius 1 is 1.22 bits per heavy atom. The van der Waals surface area contributed by atoms with Gasteiger partial charge in [0.05, 0.1) is 22.7 Å². The van der Waals surface area contributed by atoms with Crippen molar-refractivity contribution in [2.75, 3.05) is 18.6 Å². The Morgan fingerprint density at radius 3 is 2.92 bits per heavy atom. The molecule has 0 bridgehead atoms. The van der Waals surface area contributed by atoms with Crippen molar-refractivity contribution >= 4 is 40.7 Å². The van der Waals surface area contributed by atoms with Crippen LogP contribution in [-0.4, -0.2) is 40.2 Å². The summed E-state index contributed by atoms with van der Waals surface area (Å²) in [6, 6.07) is 8.16. The van der Waals surface area contributed by atoms with Gasteiger partial charge in [0, 0.05) is 37.3 Å². The number of fused-ring (bicyclic) bond motifs is 2. The van der Waals surface area contributed by atoms with Gasteiger partial charge in [-0.15, -0.1) is 0 Å². The molecule has 2 aromatic heterocycles. The summed E-state index contributed by atoms with van der Waals surface area (Å²) in [6.07, 6.45) is 8.23. The maximum Gasteiger partial charge on any atom is 0.252 e. The highest BCUT2D eigenvalue weighted by atomic mass is 35.5. The molecule has 3 aromatic rings. The van der Waals surface area contributed by atoms with Crippen LogP contribution in [0.3, 0.4) is 0 Å². The van der Waals surface area contributed by atoms with E-state index in [2.05, 4.69) is 31.5 Å². The number of hydrazine groups is 1. The minimum absolute atomic E-state index is 0.0469. The maximum atomic E-state index is 14.7. The third-order valence-electron chi connectivity index (χ3n) is 6.56. The van der Waals surface area contributed by atoms with Crippen LogP contribution in [0.25, 0.3) is 0 Å². The topological polar surface area (TPSA) is 100 Å². The number of nitrogens with zero attached hydrogens (tertiary/aromatic N) is 2. The molecular weight excluding hydrogens is 515 g/mol. The molecule has 1 aliphatic heterocycles. The number of carbonyl (C=O) groups excluding carboxylic acids is 1. The number of halogens is 2. The average Bonchev–Trinajstić information content (AvgIpc) is 3.37. The van der Waals surface area contributed by atoms with Crippen molar-refractivity contribution in [2.45, 2.75) is 37.8 Å². The summed E-state index contributed by atoms with van der Waals surface area (Å²) in [4.78, 5) is 21.0. The summed E-state index contributed by atoms with van der Waals surface area (Å²) in [5, 5.41) is 6.62. The lowest BCUT2D eigenvalue weighted by Crippen LogP contribution is -2.41. The van der Waals surface area contributed by atoms with Gasteiger partial charge in [0.2, 0.25) is 0 Å². The lowest BCUT2D eigenvalue weighted by Gasteiger charge is -2.23. The second kappa shape index (κ2) is 11.4. The van der Waals surface area contributed by atoms with Crippen LogP contribution in [0.1, 0.15) is 51.5 Å². The quantitative estimate of drug-likeness (QED) is 0.276. The van der Waals surface area contributed by atoms with Crippen molar-refractivity contribution in [3.63, 3.8) is 0 Å². The van der Waals surface area contributed by atoms with E-state index in [1.807, 2.05) is 12.1 Å². The Labute approximate surface area is 224 Å². The lowest BCUT2D eigenvalue weighted by atomic mass is 9.96. The number of ether oxygens (including phenoxy) is 1. The first-order chi connectivity index (χ1) is 18.0. The van der Waals surface area contributed by atoms with Crippen LogP contribution in [0.2, 0.25) is 5.02 Å². The zero-order valence-electron chi connectivity index (χ0n) is 19.9. The Morgan fingerprint density at radius 2 is 2.11 bits per heavy atom. The van der Waals surface area contributed by atoms with Crippen LogP contribution in [0, 0.1) is 5.82 Å². The summed E-state index contributed by atoms with van der Waals surface area (Å²) >= 11 is 11.9. The van der Waals surface area contributed by atoms with Gasteiger partial charge in [-0.3, -0.25) is 20.6 Å². The summed E-state index contributed by atoms with van der Waals surface area (Å²) < 4.78 is 20.2. The maximum absolute atomic E-state index is 14.7. The minimum atomic E-state index is -0.392. The van der Waals surface area contributed by atoms with Crippen LogP contribution < -0.4 is 21.5 Å². The zero-order chi connectivity index (χ0) is 25.8. The fraction of sp³-hybridized carbons (Fsp3) is 0.308. The number of benzene rings is 1. The predicted molar refractivity (Wildman–Crippen MR) is 143 cm³/mol. The van der Waals surface area contributed by atoms with Gasteiger partial charge in [0.25, 0.3) is 5.91 Å². The fourth-order valence-corrected chi connectivity index (χ4v) is 5.05. The number of aryl methyl sites for hydroxylation is 1. The van der Waals surface area contributed by atoms with E-state index in [0.717, 1.165) is 36.1 Å². The summed E-state index contributed by atoms with van der Waals surface area (Å²) in [6.45, 7) is 1.18. The number of thiocarbonyl (C=S) groups is 1. The van der Waals surface area contributed by atoms with Crippen LogP contribution in [0.4, 0.5) is 10.2 Å². The number of hydrogen-bond donors (Lipinski definition) is 4. The fourth-order valence-electron chi connectivity index (χ4n) is 4.67. The molecule has 1 aliphatic carbocycles. The van der Waals surface area contributed by atoms with E-state index in [9.17, 15) is 9.18 Å². The molecule has 1 aromatic carbocycles. The highest BCUT2D eigenvalue weighted by molar-refractivity contribution is 7.80. The molecule has 2 atom stereocenters. The van der Waals surface area contributed by atoms with Gasteiger partial charge in [-0.1, -0.05) is 23.7 Å². The predicted octanol–water partition coefficient (Wildman–Crippen LogP) is 3.86. The smallest absolute Gasteiger partial charge is 0.252 e. The van der Waals surface area contributed by atoms with Crippen molar-refractivity contribution in [2.24, 2.45) is 0 Å². The van der Waals surface area contributed by atoms with Crippen LogP contribution in [-0.2, 0) is 17.6 Å². The normalized spacial score (nSPS) is 18.2. The number of hydrogen-bond acceptors (Lipinski definition) is 6. The second-order valence-corrected chi connectivity index (χ2v) is 9.75. The number of carbonyl (C=O) groups is 1. The second-order valence-electron chi connectivity index (χ2n) is 8.94. The van der Waals surface area contributed by atoms with Crippen molar-refractivity contribution < 1.29 is 13.9 Å². The van der Waals surface area contributed by atoms with E-state index >= 15 is 0 Å². The van der Waals surface area contributed by atoms with E-state index < -0.39 is 6.04 Å². The molecule has 1 amide bonds. The molecule has 4 N–H and O–H groups in total. The van der Waals surface area contributed by atoms with Crippen LogP contribution in [0.5, 0.6) is 0 Å². The van der Waals surface area contributed by atoms with Gasteiger partial charge in [0.1, 0.15) is 5.82 Å². The first kappa shape index (κ1) is 25.3. The molecule has 0 spiro atoms. The molecule has 0 saturated carbocycles. The molecule has 5 rings (SSSR count). The van der Waals surface area contributed by atoms with Gasteiger partial charge in [-0.05, 0) is 72.8 Å². The molecule has 192 valence electrons. The Kier molecular flexibility index (Phi) is 7.78. The summed E-state index contributed by atoms with van der Waals surface area (Å²) in [5.74, 6) is -0.207. The van der Waals surface area contributed by atoms with Gasteiger partial charge in [-0.2, -0.15) is 0 Å². The zero-order valence-corrected chi connectivity index (χ0v) is 21.5. The minimum Gasteiger partial charge on any atom is -0.376 e. The molecule has 2 aliphatic rings. The van der Waals surface area contributed by atoms with Crippen molar-refractivity contribution in [1.82, 2.24) is 26.0 Å². The molecule has 8 nitrogen and oxygen atoms in total. The number of pyridine rings is 2. The van der Waals surface area contributed by atoms with E-state index in [-0.39, 0.29) is 28.0 Å². The van der Waals surface area contributed by atoms with Crippen molar-refractivity contribution in [1.29, 1.82) is 0 Å². The Balaban J connectivity index is 1.24. The average molecular weight is 541 g/mol. The number of aromatic nitrogens is 2. The SMILES string of the molecule is O=C(NC[C@@H]1CCCO1)c1cnc(NNC(=S)NC2c3cnccc3CCc3c(F)cccc32)c(Cl)c1. The number of amides is 1. The summed E-state index contributed by atoms with van der Waals surface area (Å²) in [5.41, 5.74) is 9.60. The third kappa shape index (κ3) is 5.82. The van der Waals surface area contributed by atoms with Crippen molar-refractivity contribution in [3.8, 4) is 0 Å². The number of anilines is 1. The number of rotatable bonds is 6.